The molecule has 2 aromatic heterocycles. The second-order valence-electron chi connectivity index (χ2n) is 6.15. The fourth-order valence-corrected chi connectivity index (χ4v) is 2.84. The average molecular weight is 405 g/mol. The zero-order valence-electron chi connectivity index (χ0n) is 16.5. The molecule has 0 spiro atoms. The molecule has 152 valence electrons. The highest BCUT2D eigenvalue weighted by molar-refractivity contribution is 5.81. The van der Waals surface area contributed by atoms with Crippen molar-refractivity contribution in [2.75, 3.05) is 13.2 Å². The molecule has 0 saturated heterocycles. The predicted molar refractivity (Wildman–Crippen MR) is 111 cm³/mol. The maximum Gasteiger partial charge on any atom is 0.317 e. The quantitative estimate of drug-likeness (QED) is 0.442. The van der Waals surface area contributed by atoms with Gasteiger partial charge in [0.25, 0.3) is 5.95 Å². The van der Waals surface area contributed by atoms with Crippen molar-refractivity contribution in [3.63, 3.8) is 0 Å². The van der Waals surface area contributed by atoms with E-state index in [0.29, 0.717) is 35.8 Å². The summed E-state index contributed by atoms with van der Waals surface area (Å²) in [5.41, 5.74) is 0.789. The predicted octanol–water partition coefficient (Wildman–Crippen LogP) is 4.79. The summed E-state index contributed by atoms with van der Waals surface area (Å²) in [7, 11) is 0. The van der Waals surface area contributed by atoms with Gasteiger partial charge in [-0.3, -0.25) is 4.79 Å². The molecule has 0 aliphatic heterocycles. The second-order valence-corrected chi connectivity index (χ2v) is 6.15. The smallest absolute Gasteiger partial charge is 0.317 e. The fourth-order valence-electron chi connectivity index (χ4n) is 2.84. The summed E-state index contributed by atoms with van der Waals surface area (Å²) in [5, 5.41) is 16.4. The Bertz CT molecular complexity index is 1250. The van der Waals surface area contributed by atoms with Crippen LogP contribution in [0.15, 0.2) is 68.0 Å². The van der Waals surface area contributed by atoms with Crippen LogP contribution in [0.2, 0.25) is 0 Å². The van der Waals surface area contributed by atoms with E-state index in [1.54, 1.807) is 25.1 Å². The number of H-pyrrole nitrogens is 1. The summed E-state index contributed by atoms with van der Waals surface area (Å²) in [6, 6.07) is 14.5. The lowest BCUT2D eigenvalue weighted by molar-refractivity contribution is 0.262. The number of aromatic amines is 1. The first-order chi connectivity index (χ1) is 14.7. The number of azo groups is 1. The lowest BCUT2D eigenvalue weighted by Crippen LogP contribution is -2.05. The van der Waals surface area contributed by atoms with Gasteiger partial charge in [-0.15, -0.1) is 20.4 Å². The molecule has 0 aliphatic rings. The molecule has 0 aliphatic carbocycles. The molecule has 2 aromatic carbocycles. The molecule has 0 bridgehead atoms. The summed E-state index contributed by atoms with van der Waals surface area (Å²) >= 11 is 0. The van der Waals surface area contributed by atoms with Crippen molar-refractivity contribution in [3.05, 3.63) is 58.8 Å². The third kappa shape index (κ3) is 3.90. The fraction of sp³-hybridized carbons (Fsp3) is 0.190. The van der Waals surface area contributed by atoms with Gasteiger partial charge in [0.1, 0.15) is 11.3 Å². The first-order valence-corrected chi connectivity index (χ1v) is 9.46. The second kappa shape index (κ2) is 8.56. The van der Waals surface area contributed by atoms with Crippen molar-refractivity contribution in [2.45, 2.75) is 13.8 Å². The minimum atomic E-state index is -0.366. The van der Waals surface area contributed by atoms with Gasteiger partial charge in [-0.25, -0.2) is 0 Å². The molecule has 30 heavy (non-hydrogen) atoms. The van der Waals surface area contributed by atoms with E-state index >= 15 is 0 Å². The van der Waals surface area contributed by atoms with Crippen molar-refractivity contribution in [2.24, 2.45) is 10.2 Å². The first kappa shape index (κ1) is 19.3. The Kier molecular flexibility index (Phi) is 5.51. The van der Waals surface area contributed by atoms with Gasteiger partial charge in [-0.05, 0) is 26.0 Å². The maximum absolute atomic E-state index is 13.0. The van der Waals surface area contributed by atoms with E-state index in [1.807, 2.05) is 37.3 Å². The molecule has 0 fully saturated rings. The van der Waals surface area contributed by atoms with E-state index in [-0.39, 0.29) is 23.0 Å². The molecule has 2 heterocycles. The molecule has 4 rings (SSSR count). The molecule has 1 N–H and O–H groups in total. The summed E-state index contributed by atoms with van der Waals surface area (Å²) in [6.45, 7) is 4.46. The SMILES string of the molecule is CCOc1ccc2c(=O)c(/N=N/c3nnc(-c4ccccc4)[nH]3)c(OCC)oc2c1. The Morgan fingerprint density at radius 1 is 1.00 bits per heavy atom. The molecular weight excluding hydrogens is 386 g/mol. The molecule has 0 saturated carbocycles. The van der Waals surface area contributed by atoms with Gasteiger partial charge in [0.15, 0.2) is 5.82 Å². The van der Waals surface area contributed by atoms with E-state index in [0.717, 1.165) is 5.56 Å². The van der Waals surface area contributed by atoms with Gasteiger partial charge >= 0.3 is 5.95 Å². The number of benzene rings is 2. The minimum Gasteiger partial charge on any atom is -0.494 e. The molecule has 9 nitrogen and oxygen atoms in total. The first-order valence-electron chi connectivity index (χ1n) is 9.46. The number of nitrogens with one attached hydrogen (secondary N) is 1. The lowest BCUT2D eigenvalue weighted by Gasteiger charge is -2.08. The van der Waals surface area contributed by atoms with Gasteiger partial charge in [-0.2, -0.15) is 0 Å². The largest absolute Gasteiger partial charge is 0.494 e. The van der Waals surface area contributed by atoms with E-state index in [9.17, 15) is 4.79 Å². The van der Waals surface area contributed by atoms with E-state index < -0.39 is 0 Å². The molecule has 0 amide bonds. The van der Waals surface area contributed by atoms with Crippen LogP contribution in [0.5, 0.6) is 11.7 Å². The van der Waals surface area contributed by atoms with Crippen LogP contribution in [-0.2, 0) is 0 Å². The van der Waals surface area contributed by atoms with Crippen LogP contribution in [0.25, 0.3) is 22.4 Å². The number of ether oxygens (including phenoxy) is 2. The van der Waals surface area contributed by atoms with Gasteiger partial charge in [0.05, 0.1) is 18.6 Å². The Morgan fingerprint density at radius 3 is 2.57 bits per heavy atom. The van der Waals surface area contributed by atoms with Crippen LogP contribution in [-0.4, -0.2) is 28.4 Å². The van der Waals surface area contributed by atoms with Crippen LogP contribution >= 0.6 is 0 Å². The molecule has 0 radical (unpaired) electrons. The summed E-state index contributed by atoms with van der Waals surface area (Å²) in [6.07, 6.45) is 0. The minimum absolute atomic E-state index is 0.0183. The third-order valence-electron chi connectivity index (χ3n) is 4.16. The Labute approximate surface area is 171 Å². The topological polar surface area (TPSA) is 115 Å². The van der Waals surface area contributed by atoms with Gasteiger partial charge in [0, 0.05) is 11.6 Å². The van der Waals surface area contributed by atoms with Crippen molar-refractivity contribution < 1.29 is 13.9 Å². The van der Waals surface area contributed by atoms with Crippen molar-refractivity contribution in [3.8, 4) is 23.1 Å². The highest BCUT2D eigenvalue weighted by atomic mass is 16.6. The number of nitrogens with zero attached hydrogens (tertiary/aromatic N) is 4. The third-order valence-corrected chi connectivity index (χ3v) is 4.16. The number of rotatable bonds is 7. The number of hydrogen-bond donors (Lipinski definition) is 1. The molecule has 9 heteroatoms. The molecular formula is C21H19N5O4. The molecule has 0 atom stereocenters. The van der Waals surface area contributed by atoms with Crippen LogP contribution in [0.1, 0.15) is 13.8 Å². The highest BCUT2D eigenvalue weighted by Crippen LogP contribution is 2.31. The standard InChI is InChI=1S/C21H19N5O4/c1-3-28-14-10-11-15-16(12-14)30-20(29-4-2)17(18(15)27)23-25-21-22-19(24-26-21)13-8-6-5-7-9-13/h5-12H,3-4H2,1-2H3,(H,22,24,26)/b25-23+. The van der Waals surface area contributed by atoms with Gasteiger partial charge in [-0.1, -0.05) is 30.3 Å². The lowest BCUT2D eigenvalue weighted by atomic mass is 10.2. The average Bonchev–Trinajstić information content (AvgIpc) is 3.23. The van der Waals surface area contributed by atoms with Crippen LogP contribution in [0, 0.1) is 0 Å². The van der Waals surface area contributed by atoms with Crippen LogP contribution in [0.4, 0.5) is 11.6 Å². The van der Waals surface area contributed by atoms with E-state index in [2.05, 4.69) is 25.4 Å². The highest BCUT2D eigenvalue weighted by Gasteiger charge is 2.17. The van der Waals surface area contributed by atoms with Crippen LogP contribution < -0.4 is 14.9 Å². The number of aromatic nitrogens is 3. The summed E-state index contributed by atoms with van der Waals surface area (Å²) in [5.74, 6) is 1.28. The Morgan fingerprint density at radius 2 is 1.80 bits per heavy atom. The van der Waals surface area contributed by atoms with Crippen molar-refractivity contribution in [1.82, 2.24) is 15.2 Å². The maximum atomic E-state index is 13.0. The van der Waals surface area contributed by atoms with Crippen molar-refractivity contribution in [1.29, 1.82) is 0 Å². The number of fused-ring (bicyclic) bond motifs is 1. The van der Waals surface area contributed by atoms with Gasteiger partial charge in [0.2, 0.25) is 11.1 Å². The molecule has 4 aromatic rings. The monoisotopic (exact) mass is 405 g/mol. The van der Waals surface area contributed by atoms with Crippen LogP contribution in [0.3, 0.4) is 0 Å². The Balaban J connectivity index is 1.72. The summed E-state index contributed by atoms with van der Waals surface area (Å²) in [4.78, 5) is 15.9. The van der Waals surface area contributed by atoms with Crippen molar-refractivity contribution >= 4 is 22.6 Å². The van der Waals surface area contributed by atoms with E-state index in [1.165, 1.54) is 0 Å². The molecule has 0 unspecified atom stereocenters. The zero-order valence-corrected chi connectivity index (χ0v) is 16.5. The summed E-state index contributed by atoms with van der Waals surface area (Å²) < 4.78 is 16.7. The Hall–Kier alpha value is -4.01. The van der Waals surface area contributed by atoms with E-state index in [4.69, 9.17) is 13.9 Å². The zero-order chi connectivity index (χ0) is 20.9. The normalized spacial score (nSPS) is 11.3. The van der Waals surface area contributed by atoms with Gasteiger partial charge < -0.3 is 18.9 Å². The number of hydrogen-bond acceptors (Lipinski definition) is 8.